The van der Waals surface area contributed by atoms with Crippen LogP contribution in [0.25, 0.3) is 0 Å². The van der Waals surface area contributed by atoms with Crippen LogP contribution in [0, 0.1) is 5.92 Å². The second-order valence-corrected chi connectivity index (χ2v) is 3.44. The molecule has 70 valence electrons. The van der Waals surface area contributed by atoms with Crippen LogP contribution in [-0.2, 0) is 11.2 Å². The summed E-state index contributed by atoms with van der Waals surface area (Å²) in [6.45, 7) is 3.86. The molecule has 2 nitrogen and oxygen atoms in total. The molecule has 0 fully saturated rings. The summed E-state index contributed by atoms with van der Waals surface area (Å²) in [4.78, 5) is 15.4. The van der Waals surface area contributed by atoms with Crippen LogP contribution >= 0.6 is 0 Å². The third kappa shape index (κ3) is 3.36. The van der Waals surface area contributed by atoms with Crippen molar-refractivity contribution in [2.24, 2.45) is 5.92 Å². The van der Waals surface area contributed by atoms with Gasteiger partial charge in [0.15, 0.2) is 0 Å². The zero-order chi connectivity index (χ0) is 9.68. The van der Waals surface area contributed by atoms with Gasteiger partial charge in [0.25, 0.3) is 0 Å². The van der Waals surface area contributed by atoms with Crippen molar-refractivity contribution in [1.82, 2.24) is 4.98 Å². The van der Waals surface area contributed by atoms with E-state index in [2.05, 4.69) is 4.98 Å². The second-order valence-electron chi connectivity index (χ2n) is 3.44. The predicted molar refractivity (Wildman–Crippen MR) is 52.4 cm³/mol. The van der Waals surface area contributed by atoms with E-state index >= 15 is 0 Å². The number of pyridine rings is 1. The zero-order valence-corrected chi connectivity index (χ0v) is 8.16. The molecule has 0 saturated heterocycles. The first-order valence-electron chi connectivity index (χ1n) is 4.63. The third-order valence-corrected chi connectivity index (χ3v) is 2.00. The number of hydrogen-bond acceptors (Lipinski definition) is 2. The van der Waals surface area contributed by atoms with Gasteiger partial charge in [-0.25, -0.2) is 0 Å². The molecule has 0 aliphatic rings. The topological polar surface area (TPSA) is 30.0 Å². The number of ketones is 1. The van der Waals surface area contributed by atoms with Crippen LogP contribution in [0.1, 0.15) is 26.0 Å². The zero-order valence-electron chi connectivity index (χ0n) is 8.16. The Morgan fingerprint density at radius 3 is 2.77 bits per heavy atom. The van der Waals surface area contributed by atoms with Crippen LogP contribution < -0.4 is 0 Å². The molecule has 1 aromatic rings. The minimum absolute atomic E-state index is 0.142. The molecular weight excluding hydrogens is 162 g/mol. The summed E-state index contributed by atoms with van der Waals surface area (Å²) in [5.74, 6) is 0.453. The summed E-state index contributed by atoms with van der Waals surface area (Å²) in [6.07, 6.45) is 3.13. The fraction of sp³-hybridized carbons (Fsp3) is 0.455. The highest BCUT2D eigenvalue weighted by atomic mass is 16.1. The van der Waals surface area contributed by atoms with Gasteiger partial charge in [-0.1, -0.05) is 19.9 Å². The molecule has 1 rings (SSSR count). The highest BCUT2D eigenvalue weighted by Crippen LogP contribution is 2.04. The van der Waals surface area contributed by atoms with E-state index in [1.54, 1.807) is 6.20 Å². The van der Waals surface area contributed by atoms with Crippen LogP contribution in [0.15, 0.2) is 24.4 Å². The van der Waals surface area contributed by atoms with E-state index in [1.807, 2.05) is 32.0 Å². The number of hydrogen-bond donors (Lipinski definition) is 0. The molecular formula is C11H15NO. The molecule has 0 N–H and O–H groups in total. The average molecular weight is 177 g/mol. The Labute approximate surface area is 79.0 Å². The van der Waals surface area contributed by atoms with E-state index in [1.165, 1.54) is 0 Å². The number of carbonyl (C=O) groups is 1. The van der Waals surface area contributed by atoms with Crippen molar-refractivity contribution in [1.29, 1.82) is 0 Å². The summed E-state index contributed by atoms with van der Waals surface area (Å²) >= 11 is 0. The molecule has 0 aliphatic carbocycles. The highest BCUT2D eigenvalue weighted by Gasteiger charge is 2.06. The summed E-state index contributed by atoms with van der Waals surface area (Å²) in [5, 5.41) is 0. The monoisotopic (exact) mass is 177 g/mol. The maximum Gasteiger partial charge on any atom is 0.135 e. The van der Waals surface area contributed by atoms with Crippen molar-refractivity contribution in [3.63, 3.8) is 0 Å². The SMILES string of the molecule is CC(C)C(=O)CCc1ccccn1. The number of carbonyl (C=O) groups excluding carboxylic acids is 1. The summed E-state index contributed by atoms with van der Waals surface area (Å²) in [5.41, 5.74) is 0.997. The molecule has 2 heteroatoms. The van der Waals surface area contributed by atoms with Gasteiger partial charge in [-0.15, -0.1) is 0 Å². The van der Waals surface area contributed by atoms with Crippen molar-refractivity contribution < 1.29 is 4.79 Å². The largest absolute Gasteiger partial charge is 0.299 e. The molecule has 1 aromatic heterocycles. The molecule has 0 amide bonds. The Morgan fingerprint density at radius 1 is 1.46 bits per heavy atom. The lowest BCUT2D eigenvalue weighted by atomic mass is 10.0. The van der Waals surface area contributed by atoms with Gasteiger partial charge in [0.2, 0.25) is 0 Å². The van der Waals surface area contributed by atoms with Crippen molar-refractivity contribution in [2.75, 3.05) is 0 Å². The lowest BCUT2D eigenvalue weighted by molar-refractivity contribution is -0.121. The van der Waals surface area contributed by atoms with E-state index < -0.39 is 0 Å². The Bertz CT molecular complexity index is 267. The van der Waals surface area contributed by atoms with Crippen molar-refractivity contribution in [2.45, 2.75) is 26.7 Å². The van der Waals surface area contributed by atoms with E-state index in [9.17, 15) is 4.79 Å². The summed E-state index contributed by atoms with van der Waals surface area (Å²) in [7, 11) is 0. The number of Topliss-reactive ketones (excluding diaryl/α,β-unsaturated/α-hetero) is 1. The molecule has 0 aromatic carbocycles. The molecule has 0 bridgehead atoms. The lowest BCUT2D eigenvalue weighted by Gasteiger charge is -2.02. The van der Waals surface area contributed by atoms with E-state index in [4.69, 9.17) is 0 Å². The van der Waals surface area contributed by atoms with Crippen LogP contribution in [-0.4, -0.2) is 10.8 Å². The molecule has 0 atom stereocenters. The fourth-order valence-electron chi connectivity index (χ4n) is 1.09. The molecule has 0 unspecified atom stereocenters. The minimum Gasteiger partial charge on any atom is -0.299 e. The van der Waals surface area contributed by atoms with Crippen LogP contribution in [0.4, 0.5) is 0 Å². The van der Waals surface area contributed by atoms with E-state index in [0.717, 1.165) is 12.1 Å². The first kappa shape index (κ1) is 9.90. The van der Waals surface area contributed by atoms with Gasteiger partial charge in [-0.2, -0.15) is 0 Å². The van der Waals surface area contributed by atoms with Crippen LogP contribution in [0.3, 0.4) is 0 Å². The van der Waals surface area contributed by atoms with Gasteiger partial charge < -0.3 is 0 Å². The molecule has 1 heterocycles. The van der Waals surface area contributed by atoms with Crippen molar-refractivity contribution in [3.05, 3.63) is 30.1 Å². The molecule has 0 radical (unpaired) electrons. The Morgan fingerprint density at radius 2 is 2.23 bits per heavy atom. The number of aryl methyl sites for hydroxylation is 1. The Kier molecular flexibility index (Phi) is 3.62. The fourth-order valence-corrected chi connectivity index (χ4v) is 1.09. The van der Waals surface area contributed by atoms with Gasteiger partial charge in [0.1, 0.15) is 5.78 Å². The van der Waals surface area contributed by atoms with E-state index in [-0.39, 0.29) is 5.92 Å². The van der Waals surface area contributed by atoms with Gasteiger partial charge >= 0.3 is 0 Å². The number of rotatable bonds is 4. The smallest absolute Gasteiger partial charge is 0.135 e. The van der Waals surface area contributed by atoms with Gasteiger partial charge in [0, 0.05) is 24.2 Å². The third-order valence-electron chi connectivity index (χ3n) is 2.00. The lowest BCUT2D eigenvalue weighted by Crippen LogP contribution is -2.08. The van der Waals surface area contributed by atoms with Gasteiger partial charge in [-0.3, -0.25) is 9.78 Å². The van der Waals surface area contributed by atoms with Gasteiger partial charge in [0.05, 0.1) is 0 Å². The van der Waals surface area contributed by atoms with Crippen molar-refractivity contribution >= 4 is 5.78 Å². The molecule has 0 aliphatic heterocycles. The van der Waals surface area contributed by atoms with Crippen LogP contribution in [0.2, 0.25) is 0 Å². The number of nitrogens with zero attached hydrogens (tertiary/aromatic N) is 1. The Hall–Kier alpha value is -1.18. The first-order chi connectivity index (χ1) is 6.20. The molecule has 0 saturated carbocycles. The average Bonchev–Trinajstić information content (AvgIpc) is 2.15. The normalized spacial score (nSPS) is 10.4. The maximum absolute atomic E-state index is 11.3. The number of aromatic nitrogens is 1. The predicted octanol–water partition coefficient (Wildman–Crippen LogP) is 2.24. The maximum atomic E-state index is 11.3. The highest BCUT2D eigenvalue weighted by molar-refractivity contribution is 5.80. The quantitative estimate of drug-likeness (QED) is 0.706. The standard InChI is InChI=1S/C11H15NO/c1-9(2)11(13)7-6-10-5-3-4-8-12-10/h3-5,8-9H,6-7H2,1-2H3. The molecule has 13 heavy (non-hydrogen) atoms. The van der Waals surface area contributed by atoms with Crippen molar-refractivity contribution in [3.8, 4) is 0 Å². The minimum atomic E-state index is 0.142. The summed E-state index contributed by atoms with van der Waals surface area (Å²) < 4.78 is 0. The summed E-state index contributed by atoms with van der Waals surface area (Å²) in [6, 6.07) is 5.78. The van der Waals surface area contributed by atoms with Gasteiger partial charge in [-0.05, 0) is 18.6 Å². The van der Waals surface area contributed by atoms with E-state index in [0.29, 0.717) is 12.2 Å². The Balaban J connectivity index is 2.40. The first-order valence-corrected chi connectivity index (χ1v) is 4.63. The second kappa shape index (κ2) is 4.75. The molecule has 0 spiro atoms. The van der Waals surface area contributed by atoms with Crippen LogP contribution in [0.5, 0.6) is 0 Å².